The van der Waals surface area contributed by atoms with Crippen LogP contribution in [-0.2, 0) is 13.0 Å². The molecule has 0 unspecified atom stereocenters. The van der Waals surface area contributed by atoms with Crippen molar-refractivity contribution in [2.75, 3.05) is 13.6 Å². The van der Waals surface area contributed by atoms with E-state index in [2.05, 4.69) is 53.8 Å². The van der Waals surface area contributed by atoms with Gasteiger partial charge in [0.1, 0.15) is 0 Å². The first-order chi connectivity index (χ1) is 8.83. The van der Waals surface area contributed by atoms with Gasteiger partial charge in [-0.1, -0.05) is 48.5 Å². The highest BCUT2D eigenvalue weighted by molar-refractivity contribution is 5.63. The molecule has 0 amide bonds. The quantitative estimate of drug-likeness (QED) is 0.843. The van der Waals surface area contributed by atoms with Crippen LogP contribution in [0.4, 0.5) is 0 Å². The summed E-state index contributed by atoms with van der Waals surface area (Å²) in [6.07, 6.45) is 1.07. The minimum Gasteiger partial charge on any atom is -0.326 e. The minimum absolute atomic E-state index is 0.600. The molecule has 0 heterocycles. The average Bonchev–Trinajstić information content (AvgIpc) is 2.46. The van der Waals surface area contributed by atoms with E-state index in [0.29, 0.717) is 6.54 Å². The molecule has 0 bridgehead atoms. The molecule has 0 saturated heterocycles. The zero-order valence-corrected chi connectivity index (χ0v) is 10.8. The summed E-state index contributed by atoms with van der Waals surface area (Å²) in [5.41, 5.74) is 10.6. The molecule has 2 heteroatoms. The lowest BCUT2D eigenvalue weighted by Crippen LogP contribution is -2.10. The van der Waals surface area contributed by atoms with Crippen molar-refractivity contribution in [3.05, 3.63) is 59.7 Å². The van der Waals surface area contributed by atoms with E-state index in [1.165, 1.54) is 22.3 Å². The number of benzene rings is 2. The summed E-state index contributed by atoms with van der Waals surface area (Å²) in [4.78, 5) is 0. The molecule has 0 radical (unpaired) electrons. The van der Waals surface area contributed by atoms with Crippen LogP contribution in [0.15, 0.2) is 48.5 Å². The molecule has 0 aliphatic heterocycles. The standard InChI is InChI=1S/C16H20N2/c1-18-11-10-13-2-6-15(7-3-13)16-8-4-14(12-17)5-9-16/h2-9,18H,10-12,17H2,1H3. The fraction of sp³-hybridized carbons (Fsp3) is 0.250. The highest BCUT2D eigenvalue weighted by atomic mass is 14.8. The first-order valence-corrected chi connectivity index (χ1v) is 6.36. The zero-order chi connectivity index (χ0) is 12.8. The third kappa shape index (κ3) is 3.19. The van der Waals surface area contributed by atoms with E-state index < -0.39 is 0 Å². The van der Waals surface area contributed by atoms with Gasteiger partial charge in [0.15, 0.2) is 0 Å². The van der Waals surface area contributed by atoms with Crippen LogP contribution in [-0.4, -0.2) is 13.6 Å². The van der Waals surface area contributed by atoms with Crippen LogP contribution in [0.2, 0.25) is 0 Å². The van der Waals surface area contributed by atoms with Gasteiger partial charge in [0.05, 0.1) is 0 Å². The lowest BCUT2D eigenvalue weighted by molar-refractivity contribution is 0.792. The SMILES string of the molecule is CNCCc1ccc(-c2ccc(CN)cc2)cc1. The molecule has 2 nitrogen and oxygen atoms in total. The molecule has 0 aromatic heterocycles. The predicted octanol–water partition coefficient (Wildman–Crippen LogP) is 2.57. The van der Waals surface area contributed by atoms with E-state index in [9.17, 15) is 0 Å². The maximum atomic E-state index is 5.60. The molecule has 0 spiro atoms. The second-order valence-electron chi connectivity index (χ2n) is 4.45. The van der Waals surface area contributed by atoms with Crippen LogP contribution >= 0.6 is 0 Å². The molecule has 2 aromatic rings. The first-order valence-electron chi connectivity index (χ1n) is 6.36. The Morgan fingerprint density at radius 3 is 1.78 bits per heavy atom. The van der Waals surface area contributed by atoms with Gasteiger partial charge in [0.2, 0.25) is 0 Å². The van der Waals surface area contributed by atoms with Crippen molar-refractivity contribution in [1.82, 2.24) is 5.32 Å². The highest BCUT2D eigenvalue weighted by Gasteiger charge is 1.98. The second kappa shape index (κ2) is 6.34. The number of nitrogens with two attached hydrogens (primary N) is 1. The summed E-state index contributed by atoms with van der Waals surface area (Å²) in [5, 5.41) is 3.16. The number of hydrogen-bond donors (Lipinski definition) is 2. The Morgan fingerprint density at radius 1 is 0.833 bits per heavy atom. The lowest BCUT2D eigenvalue weighted by Gasteiger charge is -2.05. The molecular weight excluding hydrogens is 220 g/mol. The summed E-state index contributed by atoms with van der Waals surface area (Å²) < 4.78 is 0. The predicted molar refractivity (Wildman–Crippen MR) is 77.4 cm³/mol. The maximum Gasteiger partial charge on any atom is 0.0178 e. The zero-order valence-electron chi connectivity index (χ0n) is 10.8. The molecule has 3 N–H and O–H groups in total. The molecule has 94 valence electrons. The van der Waals surface area contributed by atoms with E-state index in [0.717, 1.165) is 13.0 Å². The van der Waals surface area contributed by atoms with Crippen molar-refractivity contribution in [2.24, 2.45) is 5.73 Å². The van der Waals surface area contributed by atoms with E-state index in [1.54, 1.807) is 0 Å². The van der Waals surface area contributed by atoms with Crippen molar-refractivity contribution in [1.29, 1.82) is 0 Å². The molecular formula is C16H20N2. The summed E-state index contributed by atoms with van der Waals surface area (Å²) >= 11 is 0. The van der Waals surface area contributed by atoms with Gasteiger partial charge in [0.25, 0.3) is 0 Å². The smallest absolute Gasteiger partial charge is 0.0178 e. The number of likely N-dealkylation sites (N-methyl/N-ethyl adjacent to an activating group) is 1. The molecule has 18 heavy (non-hydrogen) atoms. The van der Waals surface area contributed by atoms with Crippen molar-refractivity contribution < 1.29 is 0 Å². The van der Waals surface area contributed by atoms with Gasteiger partial charge in [-0.05, 0) is 42.3 Å². The molecule has 0 atom stereocenters. The highest BCUT2D eigenvalue weighted by Crippen LogP contribution is 2.20. The summed E-state index contributed by atoms with van der Waals surface area (Å²) in [6.45, 7) is 1.62. The third-order valence-electron chi connectivity index (χ3n) is 3.14. The number of rotatable bonds is 5. The van der Waals surface area contributed by atoms with Gasteiger partial charge in [-0.3, -0.25) is 0 Å². The summed E-state index contributed by atoms with van der Waals surface area (Å²) in [5.74, 6) is 0. The average molecular weight is 240 g/mol. The Bertz CT molecular complexity index is 471. The van der Waals surface area contributed by atoms with Gasteiger partial charge < -0.3 is 11.1 Å². The van der Waals surface area contributed by atoms with E-state index in [1.807, 2.05) is 7.05 Å². The number of hydrogen-bond acceptors (Lipinski definition) is 2. The lowest BCUT2D eigenvalue weighted by atomic mass is 10.0. The van der Waals surface area contributed by atoms with Crippen molar-refractivity contribution in [3.8, 4) is 11.1 Å². The third-order valence-corrected chi connectivity index (χ3v) is 3.14. The first kappa shape index (κ1) is 12.8. The van der Waals surface area contributed by atoms with Gasteiger partial charge in [0, 0.05) is 6.54 Å². The monoisotopic (exact) mass is 240 g/mol. The Kier molecular flexibility index (Phi) is 4.51. The fourth-order valence-electron chi connectivity index (χ4n) is 1.97. The van der Waals surface area contributed by atoms with Crippen LogP contribution in [0.1, 0.15) is 11.1 Å². The van der Waals surface area contributed by atoms with Gasteiger partial charge in [-0.2, -0.15) is 0 Å². The summed E-state index contributed by atoms with van der Waals surface area (Å²) in [7, 11) is 1.98. The molecule has 2 rings (SSSR count). The molecule has 0 saturated carbocycles. The Morgan fingerprint density at radius 2 is 1.33 bits per heavy atom. The van der Waals surface area contributed by atoms with Gasteiger partial charge in [-0.25, -0.2) is 0 Å². The Hall–Kier alpha value is -1.64. The molecule has 0 aliphatic rings. The van der Waals surface area contributed by atoms with E-state index in [-0.39, 0.29) is 0 Å². The van der Waals surface area contributed by atoms with Crippen molar-refractivity contribution in [2.45, 2.75) is 13.0 Å². The van der Waals surface area contributed by atoms with Crippen LogP contribution < -0.4 is 11.1 Å². The Balaban J connectivity index is 2.12. The van der Waals surface area contributed by atoms with Crippen LogP contribution in [0.25, 0.3) is 11.1 Å². The normalized spacial score (nSPS) is 10.6. The second-order valence-corrected chi connectivity index (χ2v) is 4.45. The number of nitrogens with one attached hydrogen (secondary N) is 1. The van der Waals surface area contributed by atoms with E-state index in [4.69, 9.17) is 5.73 Å². The summed E-state index contributed by atoms with van der Waals surface area (Å²) in [6, 6.07) is 17.2. The van der Waals surface area contributed by atoms with Crippen LogP contribution in [0.3, 0.4) is 0 Å². The van der Waals surface area contributed by atoms with Gasteiger partial charge >= 0.3 is 0 Å². The Labute approximate surface area is 109 Å². The molecule has 2 aromatic carbocycles. The molecule has 0 aliphatic carbocycles. The van der Waals surface area contributed by atoms with Crippen molar-refractivity contribution in [3.63, 3.8) is 0 Å². The van der Waals surface area contributed by atoms with Gasteiger partial charge in [-0.15, -0.1) is 0 Å². The largest absolute Gasteiger partial charge is 0.326 e. The maximum absolute atomic E-state index is 5.60. The minimum atomic E-state index is 0.600. The van der Waals surface area contributed by atoms with Crippen molar-refractivity contribution >= 4 is 0 Å². The van der Waals surface area contributed by atoms with E-state index >= 15 is 0 Å². The van der Waals surface area contributed by atoms with Crippen LogP contribution in [0.5, 0.6) is 0 Å². The fourth-order valence-corrected chi connectivity index (χ4v) is 1.97. The van der Waals surface area contributed by atoms with Crippen LogP contribution in [0, 0.1) is 0 Å². The molecule has 0 fully saturated rings. The topological polar surface area (TPSA) is 38.0 Å².